The van der Waals surface area contributed by atoms with E-state index in [2.05, 4.69) is 5.32 Å². The van der Waals surface area contributed by atoms with Crippen LogP contribution in [0.25, 0.3) is 0 Å². The Hall–Kier alpha value is -1.14. The monoisotopic (exact) mass is 286 g/mol. The largest absolute Gasteiger partial charge is 0.396 e. The zero-order valence-corrected chi connectivity index (χ0v) is 12.6. The number of nitrogens with zero attached hydrogens (tertiary/aromatic N) is 1. The molecule has 2 unspecified atom stereocenters. The molecule has 0 radical (unpaired) electrons. The van der Waals surface area contributed by atoms with Crippen LogP contribution >= 0.6 is 0 Å². The van der Waals surface area contributed by atoms with Gasteiger partial charge in [0.1, 0.15) is 0 Å². The summed E-state index contributed by atoms with van der Waals surface area (Å²) in [5, 5.41) is 12.0. The lowest BCUT2D eigenvalue weighted by atomic mass is 9.93. The Kier molecular flexibility index (Phi) is 6.42. The number of nitrogens with one attached hydrogen (secondary N) is 1. The molecule has 1 heterocycles. The molecule has 1 saturated heterocycles. The molecule has 1 rings (SSSR count). The molecule has 116 valence electrons. The molecular formula is C14H26N2O4. The Bertz CT molecular complexity index is 348. The number of carbonyl (C=O) groups excluding carboxylic acids is 2. The normalized spacial score (nSPS) is 21.9. The van der Waals surface area contributed by atoms with Crippen molar-refractivity contribution in [3.8, 4) is 0 Å². The van der Waals surface area contributed by atoms with E-state index in [1.165, 1.54) is 0 Å². The lowest BCUT2D eigenvalue weighted by Gasteiger charge is -2.30. The van der Waals surface area contributed by atoms with Crippen LogP contribution in [0.4, 0.5) is 0 Å². The summed E-state index contributed by atoms with van der Waals surface area (Å²) < 4.78 is 4.96. The first-order chi connectivity index (χ1) is 9.45. The van der Waals surface area contributed by atoms with E-state index in [4.69, 9.17) is 9.84 Å². The molecule has 0 aromatic heterocycles. The van der Waals surface area contributed by atoms with Gasteiger partial charge in [-0.25, -0.2) is 0 Å². The van der Waals surface area contributed by atoms with Crippen LogP contribution in [0.1, 0.15) is 33.1 Å². The molecule has 2 amide bonds. The molecule has 0 bridgehead atoms. The summed E-state index contributed by atoms with van der Waals surface area (Å²) in [6.07, 6.45) is 1.52. The van der Waals surface area contributed by atoms with Gasteiger partial charge in [0.05, 0.1) is 12.5 Å². The average Bonchev–Trinajstić information content (AvgIpc) is 2.78. The molecule has 1 aliphatic heterocycles. The third kappa shape index (κ3) is 4.45. The fourth-order valence-corrected chi connectivity index (χ4v) is 2.34. The molecule has 0 saturated carbocycles. The minimum atomic E-state index is -0.408. The van der Waals surface area contributed by atoms with E-state index in [-0.39, 0.29) is 30.8 Å². The third-order valence-electron chi connectivity index (χ3n) is 4.02. The van der Waals surface area contributed by atoms with Gasteiger partial charge in [-0.1, -0.05) is 6.92 Å². The molecule has 0 spiro atoms. The smallest absolute Gasteiger partial charge is 0.225 e. The molecule has 20 heavy (non-hydrogen) atoms. The first kappa shape index (κ1) is 16.9. The third-order valence-corrected chi connectivity index (χ3v) is 4.02. The van der Waals surface area contributed by atoms with Gasteiger partial charge in [-0.3, -0.25) is 9.59 Å². The molecule has 6 heteroatoms. The molecule has 2 atom stereocenters. The number of carbonyl (C=O) groups is 2. The Labute approximate surface area is 120 Å². The van der Waals surface area contributed by atoms with Crippen LogP contribution in [0.3, 0.4) is 0 Å². The fraction of sp³-hybridized carbons (Fsp3) is 0.857. The number of hydrogen-bond acceptors (Lipinski definition) is 4. The highest BCUT2D eigenvalue weighted by Gasteiger charge is 2.36. The van der Waals surface area contributed by atoms with Crippen molar-refractivity contribution in [2.24, 2.45) is 5.92 Å². The zero-order valence-electron chi connectivity index (χ0n) is 12.6. The fourth-order valence-electron chi connectivity index (χ4n) is 2.34. The zero-order chi connectivity index (χ0) is 15.2. The maximum absolute atomic E-state index is 12.3. The summed E-state index contributed by atoms with van der Waals surface area (Å²) in [6, 6.07) is 0. The van der Waals surface area contributed by atoms with E-state index in [1.54, 1.807) is 12.0 Å². The van der Waals surface area contributed by atoms with Crippen molar-refractivity contribution in [3.05, 3.63) is 0 Å². The molecule has 1 fully saturated rings. The van der Waals surface area contributed by atoms with Crippen LogP contribution in [0.15, 0.2) is 0 Å². The van der Waals surface area contributed by atoms with Gasteiger partial charge in [-0.2, -0.15) is 0 Å². The number of amides is 2. The highest BCUT2D eigenvalue weighted by atomic mass is 16.5. The minimum Gasteiger partial charge on any atom is -0.396 e. The summed E-state index contributed by atoms with van der Waals surface area (Å²) >= 11 is 0. The van der Waals surface area contributed by atoms with Crippen molar-refractivity contribution in [1.82, 2.24) is 10.2 Å². The van der Waals surface area contributed by atoms with Crippen molar-refractivity contribution < 1.29 is 19.4 Å². The SMILES string of the molecule is CCC(C)(CCO)NC(=O)C1CC(=O)N(CCOC)C1. The van der Waals surface area contributed by atoms with Gasteiger partial charge in [0.15, 0.2) is 0 Å². The standard InChI is InChI=1S/C14H26N2O4/c1-4-14(2,5-7-17)15-13(19)11-9-12(18)16(10-11)6-8-20-3/h11,17H,4-10H2,1-3H3,(H,15,19). The van der Waals surface area contributed by atoms with Crippen LogP contribution in [0.2, 0.25) is 0 Å². The van der Waals surface area contributed by atoms with Crippen molar-refractivity contribution in [1.29, 1.82) is 0 Å². The van der Waals surface area contributed by atoms with Crippen molar-refractivity contribution in [3.63, 3.8) is 0 Å². The summed E-state index contributed by atoms with van der Waals surface area (Å²) in [6.45, 7) is 5.39. The highest BCUT2D eigenvalue weighted by molar-refractivity contribution is 5.89. The average molecular weight is 286 g/mol. The lowest BCUT2D eigenvalue weighted by Crippen LogP contribution is -2.49. The first-order valence-electron chi connectivity index (χ1n) is 7.15. The number of methoxy groups -OCH3 is 1. The Morgan fingerprint density at radius 1 is 1.60 bits per heavy atom. The van der Waals surface area contributed by atoms with Crippen molar-refractivity contribution >= 4 is 11.8 Å². The van der Waals surface area contributed by atoms with Gasteiger partial charge in [-0.05, 0) is 19.8 Å². The summed E-state index contributed by atoms with van der Waals surface area (Å²) in [7, 11) is 1.59. The second-order valence-corrected chi connectivity index (χ2v) is 5.61. The predicted molar refractivity (Wildman–Crippen MR) is 75.1 cm³/mol. The second kappa shape index (κ2) is 7.59. The molecule has 1 aliphatic rings. The predicted octanol–water partition coefficient (Wildman–Crippen LogP) is 0.149. The van der Waals surface area contributed by atoms with Crippen LogP contribution in [-0.4, -0.2) is 60.8 Å². The van der Waals surface area contributed by atoms with Crippen LogP contribution in [0.5, 0.6) is 0 Å². The summed E-state index contributed by atoms with van der Waals surface area (Å²) in [5.74, 6) is -0.400. The Morgan fingerprint density at radius 3 is 2.85 bits per heavy atom. The van der Waals surface area contributed by atoms with Crippen molar-refractivity contribution in [2.45, 2.75) is 38.6 Å². The highest BCUT2D eigenvalue weighted by Crippen LogP contribution is 2.21. The van der Waals surface area contributed by atoms with Gasteiger partial charge in [0, 0.05) is 38.8 Å². The van der Waals surface area contributed by atoms with Crippen molar-refractivity contribution in [2.75, 3.05) is 33.4 Å². The van der Waals surface area contributed by atoms with Gasteiger partial charge >= 0.3 is 0 Å². The van der Waals surface area contributed by atoms with E-state index >= 15 is 0 Å². The number of likely N-dealkylation sites (tertiary alicyclic amines) is 1. The van der Waals surface area contributed by atoms with Crippen LogP contribution in [0, 0.1) is 5.92 Å². The van der Waals surface area contributed by atoms with Gasteiger partial charge in [0.25, 0.3) is 0 Å². The molecule has 0 aromatic carbocycles. The number of hydrogen-bond donors (Lipinski definition) is 2. The van der Waals surface area contributed by atoms with Crippen LogP contribution in [-0.2, 0) is 14.3 Å². The number of rotatable bonds is 8. The molecular weight excluding hydrogens is 260 g/mol. The van der Waals surface area contributed by atoms with E-state index in [0.29, 0.717) is 26.1 Å². The number of aliphatic hydroxyl groups is 1. The number of aliphatic hydroxyl groups excluding tert-OH is 1. The Balaban J connectivity index is 2.54. The Morgan fingerprint density at radius 2 is 2.30 bits per heavy atom. The molecule has 6 nitrogen and oxygen atoms in total. The first-order valence-corrected chi connectivity index (χ1v) is 7.15. The second-order valence-electron chi connectivity index (χ2n) is 5.61. The van der Waals surface area contributed by atoms with E-state index in [0.717, 1.165) is 6.42 Å². The molecule has 0 aliphatic carbocycles. The molecule has 0 aromatic rings. The lowest BCUT2D eigenvalue weighted by molar-refractivity contribution is -0.129. The van der Waals surface area contributed by atoms with Gasteiger partial charge in [-0.15, -0.1) is 0 Å². The molecule has 2 N–H and O–H groups in total. The quantitative estimate of drug-likeness (QED) is 0.666. The van der Waals surface area contributed by atoms with E-state index < -0.39 is 5.54 Å². The van der Waals surface area contributed by atoms with Gasteiger partial charge < -0.3 is 20.1 Å². The maximum Gasteiger partial charge on any atom is 0.225 e. The minimum absolute atomic E-state index is 0.00237. The topological polar surface area (TPSA) is 78.9 Å². The van der Waals surface area contributed by atoms with Crippen LogP contribution < -0.4 is 5.32 Å². The summed E-state index contributed by atoms with van der Waals surface area (Å²) in [4.78, 5) is 25.7. The van der Waals surface area contributed by atoms with Gasteiger partial charge in [0.2, 0.25) is 11.8 Å². The number of ether oxygens (including phenoxy) is 1. The van der Waals surface area contributed by atoms with E-state index in [9.17, 15) is 9.59 Å². The maximum atomic E-state index is 12.3. The van der Waals surface area contributed by atoms with E-state index in [1.807, 2.05) is 13.8 Å². The summed E-state index contributed by atoms with van der Waals surface area (Å²) in [5.41, 5.74) is -0.408.